The molecule has 20 heteroatoms. The fraction of sp³-hybridized carbons (Fsp3) is 0.440. The maximum atomic E-state index is 14.9. The van der Waals surface area contributed by atoms with Gasteiger partial charge < -0.3 is 62.3 Å². The number of nitrogens with one attached hydrogen (secondary N) is 4. The van der Waals surface area contributed by atoms with Gasteiger partial charge in [0.15, 0.2) is 28.8 Å². The van der Waals surface area contributed by atoms with Crippen LogP contribution in [0.4, 0.5) is 0 Å². The van der Waals surface area contributed by atoms with E-state index >= 15 is 0 Å². The van der Waals surface area contributed by atoms with Crippen molar-refractivity contribution < 1.29 is 42.9 Å². The van der Waals surface area contributed by atoms with Gasteiger partial charge in [0.05, 0.1) is 37.2 Å². The van der Waals surface area contributed by atoms with Gasteiger partial charge in [-0.2, -0.15) is 5.26 Å². The summed E-state index contributed by atoms with van der Waals surface area (Å²) in [5.74, 6) is -2.40. The van der Waals surface area contributed by atoms with Crippen molar-refractivity contribution in [3.63, 3.8) is 0 Å². The highest BCUT2D eigenvalue weighted by atomic mass is 16.5. The number of benzene rings is 3. The predicted molar refractivity (Wildman–Crippen MR) is 262 cm³/mol. The second-order valence-electron chi connectivity index (χ2n) is 17.8. The number of ether oxygens (including phenoxy) is 4. The molecular weight excluding hydrogens is 899 g/mol. The van der Waals surface area contributed by atoms with E-state index in [9.17, 15) is 29.2 Å². The number of fused-ring (bicyclic) bond motifs is 5. The molecule has 4 aromatic rings. The third-order valence-corrected chi connectivity index (χ3v) is 11.7. The molecule has 10 N–H and O–H groups in total. The average molecular weight is 964 g/mol. The van der Waals surface area contributed by atoms with Crippen LogP contribution >= 0.6 is 0 Å². The number of methoxy groups -OCH3 is 2. The van der Waals surface area contributed by atoms with E-state index in [-0.39, 0.29) is 91.8 Å². The molecule has 0 saturated heterocycles. The number of aromatic nitrogens is 2. The number of hydrogen-bond acceptors (Lipinski definition) is 15. The van der Waals surface area contributed by atoms with Gasteiger partial charge in [-0.15, -0.1) is 0 Å². The summed E-state index contributed by atoms with van der Waals surface area (Å²) in [6.45, 7) is 11.1. The number of rotatable bonds is 17. The second-order valence-corrected chi connectivity index (χ2v) is 17.8. The Labute approximate surface area is 408 Å². The number of nitrogens with zero attached hydrogens (tertiary/aromatic N) is 4. The van der Waals surface area contributed by atoms with E-state index in [1.165, 1.54) is 34.3 Å². The van der Waals surface area contributed by atoms with E-state index < -0.39 is 53.7 Å². The lowest BCUT2D eigenvalue weighted by atomic mass is 9.86. The summed E-state index contributed by atoms with van der Waals surface area (Å²) in [7, 11) is 4.24. The molecule has 4 unspecified atom stereocenters. The standard InChI is InChI=1S/C50H65N11O9/c1-27-40(28(2)57-44(56-27)31-10-12-33(13-11-31)50(4,5)6)47(64)59-36(14-15-51)49(66)61(7)41-32-25-35(43(68-9)39(26-32)70-21-18-54)34-22-30(24-38(42(34)67-8)69-20-17-53)23-37(46(63)55-19-16-52)60-45(62)29(3)58-48(41)65/h10-13,22,24-26,29,36-37,41H,14-15,17-21,23,51,53-54H2,1-9H3,(H,55,63)(H,58,65)(H,59,64)(H,60,62). The Morgan fingerprint density at radius 2 is 1.46 bits per heavy atom. The Morgan fingerprint density at radius 3 is 2.00 bits per heavy atom. The SMILES string of the molecule is COc1c(OCCN)cc2cc1-c1cc(cc(OCCN)c1OC)C(N(C)C(=O)C(CCN)NC(=O)c1c(C)nc(-c3ccc(C(C)(C)C)cc3)nc1C)C(=O)NC(C)C(=O)NC(C(=O)NCC#N)C2. The molecule has 2 heterocycles. The van der Waals surface area contributed by atoms with Crippen LogP contribution in [0.15, 0.2) is 48.5 Å². The molecule has 0 spiro atoms. The van der Waals surface area contributed by atoms with Gasteiger partial charge in [-0.05, 0) is 80.1 Å². The van der Waals surface area contributed by atoms with Crippen molar-refractivity contribution in [1.82, 2.24) is 36.1 Å². The number of aryl methyl sites for hydroxylation is 2. The van der Waals surface area contributed by atoms with E-state index in [1.54, 1.807) is 32.0 Å². The topological polar surface area (TPSA) is 301 Å². The van der Waals surface area contributed by atoms with Gasteiger partial charge in [-0.3, -0.25) is 24.0 Å². The Balaban J connectivity index is 1.66. The first-order valence-corrected chi connectivity index (χ1v) is 22.9. The van der Waals surface area contributed by atoms with Crippen LogP contribution in [0, 0.1) is 25.2 Å². The second kappa shape index (κ2) is 23.8. The molecule has 4 atom stereocenters. The van der Waals surface area contributed by atoms with Crippen molar-refractivity contribution in [3.05, 3.63) is 82.2 Å². The molecule has 4 bridgehead atoms. The zero-order chi connectivity index (χ0) is 51.4. The van der Waals surface area contributed by atoms with Gasteiger partial charge in [-0.25, -0.2) is 9.97 Å². The summed E-state index contributed by atoms with van der Waals surface area (Å²) in [5, 5.41) is 20.0. The van der Waals surface area contributed by atoms with Crippen molar-refractivity contribution in [1.29, 1.82) is 5.26 Å². The maximum absolute atomic E-state index is 14.9. The molecule has 1 aromatic heterocycles. The average Bonchev–Trinajstić information content (AvgIpc) is 3.32. The first kappa shape index (κ1) is 53.6. The molecule has 0 fully saturated rings. The molecule has 0 aliphatic carbocycles. The van der Waals surface area contributed by atoms with Crippen molar-refractivity contribution in [3.8, 4) is 51.6 Å². The van der Waals surface area contributed by atoms with Crippen LogP contribution in [0.3, 0.4) is 0 Å². The first-order chi connectivity index (χ1) is 33.3. The summed E-state index contributed by atoms with van der Waals surface area (Å²) in [6.07, 6.45) is -0.143. The normalized spacial score (nSPS) is 16.3. The molecule has 5 rings (SSSR count). The highest BCUT2D eigenvalue weighted by Gasteiger charge is 2.37. The van der Waals surface area contributed by atoms with Crippen LogP contribution < -0.4 is 57.4 Å². The van der Waals surface area contributed by atoms with Crippen molar-refractivity contribution in [2.45, 2.75) is 84.0 Å². The molecule has 1 aliphatic heterocycles. The Hall–Kier alpha value is -7.34. The van der Waals surface area contributed by atoms with Gasteiger partial charge in [0.25, 0.3) is 5.91 Å². The number of amides is 5. The van der Waals surface area contributed by atoms with Crippen molar-refractivity contribution in [2.75, 3.05) is 60.7 Å². The minimum absolute atomic E-state index is 0.0151. The summed E-state index contributed by atoms with van der Waals surface area (Å²) < 4.78 is 24.2. The lowest BCUT2D eigenvalue weighted by molar-refractivity contribution is -0.141. The van der Waals surface area contributed by atoms with Crippen LogP contribution in [0.2, 0.25) is 0 Å². The Kier molecular flexibility index (Phi) is 18.2. The smallest absolute Gasteiger partial charge is 0.255 e. The maximum Gasteiger partial charge on any atom is 0.255 e. The summed E-state index contributed by atoms with van der Waals surface area (Å²) in [6, 6.07) is 10.9. The Morgan fingerprint density at radius 1 is 0.871 bits per heavy atom. The third kappa shape index (κ3) is 12.5. The molecule has 0 radical (unpaired) electrons. The molecule has 3 aromatic carbocycles. The monoisotopic (exact) mass is 963 g/mol. The fourth-order valence-corrected chi connectivity index (χ4v) is 8.15. The van der Waals surface area contributed by atoms with Gasteiger partial charge in [0.2, 0.25) is 23.6 Å². The summed E-state index contributed by atoms with van der Waals surface area (Å²) in [4.78, 5) is 82.0. The number of likely N-dealkylation sites (N-methyl/N-ethyl adjacent to an activating group) is 1. The third-order valence-electron chi connectivity index (χ3n) is 11.7. The number of carbonyl (C=O) groups is 5. The zero-order valence-corrected chi connectivity index (χ0v) is 41.3. The van der Waals surface area contributed by atoms with Gasteiger partial charge in [-0.1, -0.05) is 45.0 Å². The first-order valence-electron chi connectivity index (χ1n) is 22.9. The van der Waals surface area contributed by atoms with Crippen LogP contribution in [-0.2, 0) is 31.0 Å². The van der Waals surface area contributed by atoms with Crippen molar-refractivity contribution in [2.24, 2.45) is 17.2 Å². The van der Waals surface area contributed by atoms with Gasteiger partial charge >= 0.3 is 0 Å². The van der Waals surface area contributed by atoms with E-state index in [1.807, 2.05) is 30.3 Å². The molecule has 1 aliphatic rings. The lowest BCUT2D eigenvalue weighted by Gasteiger charge is -2.33. The predicted octanol–water partition coefficient (Wildman–Crippen LogP) is 2.25. The van der Waals surface area contributed by atoms with Gasteiger partial charge in [0.1, 0.15) is 43.9 Å². The van der Waals surface area contributed by atoms with E-state index in [0.29, 0.717) is 33.9 Å². The molecular formula is C50H65N11O9. The van der Waals surface area contributed by atoms with Gasteiger partial charge in [0, 0.05) is 43.2 Å². The largest absolute Gasteiger partial charge is 0.492 e. The molecule has 0 saturated carbocycles. The Bertz CT molecular complexity index is 2590. The van der Waals surface area contributed by atoms with Crippen LogP contribution in [0.5, 0.6) is 23.0 Å². The highest BCUT2D eigenvalue weighted by molar-refractivity contribution is 6.01. The van der Waals surface area contributed by atoms with Crippen LogP contribution in [-0.4, -0.2) is 123 Å². The molecule has 20 nitrogen and oxygen atoms in total. The zero-order valence-electron chi connectivity index (χ0n) is 41.3. The van der Waals surface area contributed by atoms with Crippen molar-refractivity contribution >= 4 is 29.5 Å². The lowest BCUT2D eigenvalue weighted by Crippen LogP contribution is -2.56. The number of nitrogens with two attached hydrogens (primary N) is 3. The minimum atomic E-state index is -1.53. The van der Waals surface area contributed by atoms with E-state index in [2.05, 4.69) is 52.0 Å². The minimum Gasteiger partial charge on any atom is -0.492 e. The molecule has 5 amide bonds. The van der Waals surface area contributed by atoms with Crippen LogP contribution in [0.25, 0.3) is 22.5 Å². The fourth-order valence-electron chi connectivity index (χ4n) is 8.15. The van der Waals surface area contributed by atoms with E-state index in [0.717, 1.165) is 16.0 Å². The molecule has 70 heavy (non-hydrogen) atoms. The number of carbonyl (C=O) groups excluding carboxylic acids is 5. The number of hydrogen-bond donors (Lipinski definition) is 7. The number of nitriles is 1. The summed E-state index contributed by atoms with van der Waals surface area (Å²) >= 11 is 0. The van der Waals surface area contributed by atoms with Crippen LogP contribution in [0.1, 0.15) is 78.6 Å². The highest BCUT2D eigenvalue weighted by Crippen LogP contribution is 2.48. The quantitative estimate of drug-likeness (QED) is 0.0747. The molecule has 374 valence electrons. The summed E-state index contributed by atoms with van der Waals surface area (Å²) in [5.41, 5.74) is 21.9. The van der Waals surface area contributed by atoms with E-state index in [4.69, 9.17) is 36.1 Å².